The molecular formula is C15H20N2O. The number of aryl methyl sites for hydroxylation is 1. The summed E-state index contributed by atoms with van der Waals surface area (Å²) in [5.74, 6) is 0.686. The molecule has 18 heavy (non-hydrogen) atoms. The van der Waals surface area contributed by atoms with Crippen LogP contribution in [0.3, 0.4) is 0 Å². The van der Waals surface area contributed by atoms with Crippen molar-refractivity contribution in [2.75, 3.05) is 18.4 Å². The topological polar surface area (TPSA) is 41.1 Å². The molecule has 0 spiro atoms. The summed E-state index contributed by atoms with van der Waals surface area (Å²) in [5, 5.41) is 6.53. The molecule has 3 rings (SSSR count). The third-order valence-electron chi connectivity index (χ3n) is 4.30. The Kier molecular flexibility index (Phi) is 2.86. The number of hydrogen-bond donors (Lipinski definition) is 2. The molecule has 3 heteroatoms. The molecule has 2 aliphatic heterocycles. The second kappa shape index (κ2) is 4.39. The van der Waals surface area contributed by atoms with Crippen molar-refractivity contribution in [1.82, 2.24) is 5.32 Å². The molecular weight excluding hydrogens is 224 g/mol. The highest BCUT2D eigenvalue weighted by Gasteiger charge is 2.28. The summed E-state index contributed by atoms with van der Waals surface area (Å²) in [6, 6.07) is 2.17. The first kappa shape index (κ1) is 11.7. The number of carbonyl (C=O) groups excluding carboxylic acids is 1. The van der Waals surface area contributed by atoms with E-state index in [0.717, 1.165) is 18.8 Å². The van der Waals surface area contributed by atoms with Crippen molar-refractivity contribution in [2.24, 2.45) is 0 Å². The molecule has 1 unspecified atom stereocenters. The van der Waals surface area contributed by atoms with Crippen molar-refractivity contribution < 1.29 is 4.79 Å². The van der Waals surface area contributed by atoms with Crippen molar-refractivity contribution >= 4 is 11.6 Å². The first-order valence-electron chi connectivity index (χ1n) is 6.80. The van der Waals surface area contributed by atoms with Gasteiger partial charge in [-0.15, -0.1) is 0 Å². The zero-order valence-electron chi connectivity index (χ0n) is 11.1. The molecule has 1 atom stereocenters. The maximum Gasteiger partial charge on any atom is 0.228 e. The summed E-state index contributed by atoms with van der Waals surface area (Å²) in [6.07, 6.45) is 2.99. The Balaban J connectivity index is 2.09. The van der Waals surface area contributed by atoms with Gasteiger partial charge in [-0.3, -0.25) is 4.79 Å². The van der Waals surface area contributed by atoms with Crippen LogP contribution in [-0.2, 0) is 11.2 Å². The number of amides is 1. The van der Waals surface area contributed by atoms with E-state index in [-0.39, 0.29) is 5.91 Å². The highest BCUT2D eigenvalue weighted by molar-refractivity contribution is 6.00. The molecule has 1 amide bonds. The van der Waals surface area contributed by atoms with Gasteiger partial charge in [0.1, 0.15) is 0 Å². The van der Waals surface area contributed by atoms with Crippen LogP contribution in [0.5, 0.6) is 0 Å². The molecule has 3 nitrogen and oxygen atoms in total. The molecule has 1 saturated heterocycles. The average Bonchev–Trinajstić information content (AvgIpc) is 2.71. The van der Waals surface area contributed by atoms with Crippen molar-refractivity contribution in [3.63, 3.8) is 0 Å². The van der Waals surface area contributed by atoms with Crippen LogP contribution in [-0.4, -0.2) is 19.0 Å². The second-order valence-corrected chi connectivity index (χ2v) is 5.53. The molecule has 0 aromatic heterocycles. The Morgan fingerprint density at radius 3 is 2.89 bits per heavy atom. The molecule has 96 valence electrons. The zero-order valence-corrected chi connectivity index (χ0v) is 11.1. The number of nitrogens with one attached hydrogen (secondary N) is 2. The lowest BCUT2D eigenvalue weighted by molar-refractivity contribution is -0.115. The van der Waals surface area contributed by atoms with Gasteiger partial charge in [0, 0.05) is 12.2 Å². The van der Waals surface area contributed by atoms with E-state index in [1.54, 1.807) is 0 Å². The van der Waals surface area contributed by atoms with E-state index in [0.29, 0.717) is 12.3 Å². The number of anilines is 1. The van der Waals surface area contributed by atoms with E-state index >= 15 is 0 Å². The number of fused-ring (bicyclic) bond motifs is 1. The van der Waals surface area contributed by atoms with Gasteiger partial charge in [-0.1, -0.05) is 6.07 Å². The molecule has 2 N–H and O–H groups in total. The molecule has 2 heterocycles. The fourth-order valence-corrected chi connectivity index (χ4v) is 3.27. The van der Waals surface area contributed by atoms with Gasteiger partial charge >= 0.3 is 0 Å². The number of benzene rings is 1. The Hall–Kier alpha value is -1.35. The standard InChI is InChI=1S/C15H20N2O/c1-9-6-12-7-13(18)17-15(12)14(10(9)2)11-4-3-5-16-8-11/h6,11,16H,3-5,7-8H2,1-2H3,(H,17,18). The molecule has 0 bridgehead atoms. The maximum absolute atomic E-state index is 11.6. The predicted molar refractivity (Wildman–Crippen MR) is 73.1 cm³/mol. The van der Waals surface area contributed by atoms with E-state index in [1.807, 2.05) is 0 Å². The minimum absolute atomic E-state index is 0.139. The number of carbonyl (C=O) groups is 1. The number of piperidine rings is 1. The summed E-state index contributed by atoms with van der Waals surface area (Å²) in [7, 11) is 0. The van der Waals surface area contributed by atoms with Gasteiger partial charge in [0.2, 0.25) is 5.91 Å². The van der Waals surface area contributed by atoms with Crippen LogP contribution in [0, 0.1) is 13.8 Å². The Labute approximate surface area is 108 Å². The SMILES string of the molecule is Cc1cc2c(c(C3CCCNC3)c1C)NC(=O)C2. The van der Waals surface area contributed by atoms with Crippen molar-refractivity contribution in [3.8, 4) is 0 Å². The van der Waals surface area contributed by atoms with E-state index < -0.39 is 0 Å². The summed E-state index contributed by atoms with van der Waals surface area (Å²) in [4.78, 5) is 11.6. The Morgan fingerprint density at radius 1 is 1.33 bits per heavy atom. The van der Waals surface area contributed by atoms with Crippen LogP contribution in [0.1, 0.15) is 41.0 Å². The molecule has 0 aliphatic carbocycles. The Morgan fingerprint density at radius 2 is 2.17 bits per heavy atom. The quantitative estimate of drug-likeness (QED) is 0.795. The van der Waals surface area contributed by atoms with Crippen molar-refractivity contribution in [1.29, 1.82) is 0 Å². The minimum atomic E-state index is 0.139. The molecule has 1 aromatic rings. The third-order valence-corrected chi connectivity index (χ3v) is 4.30. The predicted octanol–water partition coefficient (Wildman–Crippen LogP) is 2.27. The van der Waals surface area contributed by atoms with Gasteiger partial charge in [-0.25, -0.2) is 0 Å². The van der Waals surface area contributed by atoms with Crippen LogP contribution in [0.4, 0.5) is 5.69 Å². The summed E-state index contributed by atoms with van der Waals surface area (Å²) in [5.41, 5.74) is 6.33. The van der Waals surface area contributed by atoms with Crippen LogP contribution in [0.15, 0.2) is 6.07 Å². The minimum Gasteiger partial charge on any atom is -0.325 e. The highest BCUT2D eigenvalue weighted by atomic mass is 16.1. The van der Waals surface area contributed by atoms with Crippen molar-refractivity contribution in [2.45, 2.75) is 39.0 Å². The number of rotatable bonds is 1. The largest absolute Gasteiger partial charge is 0.325 e. The fraction of sp³-hybridized carbons (Fsp3) is 0.533. The lowest BCUT2D eigenvalue weighted by atomic mass is 9.84. The Bertz CT molecular complexity index is 502. The fourth-order valence-electron chi connectivity index (χ4n) is 3.27. The van der Waals surface area contributed by atoms with Crippen LogP contribution < -0.4 is 10.6 Å². The van der Waals surface area contributed by atoms with E-state index in [2.05, 4.69) is 30.5 Å². The van der Waals surface area contributed by atoms with Gasteiger partial charge in [0.15, 0.2) is 0 Å². The highest BCUT2D eigenvalue weighted by Crippen LogP contribution is 2.38. The van der Waals surface area contributed by atoms with E-state index in [1.165, 1.54) is 35.1 Å². The van der Waals surface area contributed by atoms with Crippen LogP contribution >= 0.6 is 0 Å². The molecule has 1 aromatic carbocycles. The molecule has 0 saturated carbocycles. The van der Waals surface area contributed by atoms with Gasteiger partial charge in [0.05, 0.1) is 6.42 Å². The zero-order chi connectivity index (χ0) is 12.7. The first-order chi connectivity index (χ1) is 8.66. The normalized spacial score (nSPS) is 22.8. The molecule has 1 fully saturated rings. The van der Waals surface area contributed by atoms with Crippen LogP contribution in [0.25, 0.3) is 0 Å². The average molecular weight is 244 g/mol. The van der Waals surface area contributed by atoms with Crippen molar-refractivity contribution in [3.05, 3.63) is 28.3 Å². The van der Waals surface area contributed by atoms with Crippen LogP contribution in [0.2, 0.25) is 0 Å². The van der Waals surface area contributed by atoms with E-state index in [4.69, 9.17) is 0 Å². The third kappa shape index (κ3) is 1.83. The van der Waals surface area contributed by atoms with Gasteiger partial charge < -0.3 is 10.6 Å². The summed E-state index contributed by atoms with van der Waals surface area (Å²) in [6.45, 7) is 6.49. The lowest BCUT2D eigenvalue weighted by Gasteiger charge is -2.27. The molecule has 0 radical (unpaired) electrons. The van der Waals surface area contributed by atoms with E-state index in [9.17, 15) is 4.79 Å². The van der Waals surface area contributed by atoms with Gasteiger partial charge in [0.25, 0.3) is 0 Å². The lowest BCUT2D eigenvalue weighted by Crippen LogP contribution is -2.29. The molecule has 2 aliphatic rings. The monoisotopic (exact) mass is 244 g/mol. The van der Waals surface area contributed by atoms with Gasteiger partial charge in [-0.2, -0.15) is 0 Å². The first-order valence-corrected chi connectivity index (χ1v) is 6.80. The summed E-state index contributed by atoms with van der Waals surface area (Å²) < 4.78 is 0. The second-order valence-electron chi connectivity index (χ2n) is 5.53. The maximum atomic E-state index is 11.6. The smallest absolute Gasteiger partial charge is 0.228 e. The number of hydrogen-bond acceptors (Lipinski definition) is 2. The van der Waals surface area contributed by atoms with Gasteiger partial charge in [-0.05, 0) is 61.4 Å². The summed E-state index contributed by atoms with van der Waals surface area (Å²) >= 11 is 0.